The van der Waals surface area contributed by atoms with Gasteiger partial charge >= 0.3 is 5.97 Å². The average molecular weight is 282 g/mol. The third kappa shape index (κ3) is 2.66. The molecule has 1 aromatic heterocycles. The minimum atomic E-state index is -0.341. The maximum Gasteiger partial charge on any atom is 0.357 e. The molecule has 0 fully saturated rings. The van der Waals surface area contributed by atoms with Crippen molar-refractivity contribution in [3.63, 3.8) is 0 Å². The molecule has 0 atom stereocenters. The number of esters is 1. The average Bonchev–Trinajstić information content (AvgIpc) is 2.94. The Balaban J connectivity index is 2.11. The molecule has 4 nitrogen and oxygen atoms in total. The highest BCUT2D eigenvalue weighted by Crippen LogP contribution is 2.27. The molecule has 1 aliphatic carbocycles. The Labute approximate surface area is 124 Å². The van der Waals surface area contributed by atoms with E-state index in [4.69, 9.17) is 4.74 Å². The summed E-state index contributed by atoms with van der Waals surface area (Å²) >= 11 is 0. The number of aryl methyl sites for hydroxylation is 2. The second kappa shape index (κ2) is 5.64. The molecule has 0 N–H and O–H groups in total. The van der Waals surface area contributed by atoms with Crippen LogP contribution in [0.5, 0.6) is 0 Å². The van der Waals surface area contributed by atoms with E-state index in [1.54, 1.807) is 6.92 Å². The van der Waals surface area contributed by atoms with Crippen LogP contribution in [0, 0.1) is 6.92 Å². The molecule has 0 unspecified atom stereocenters. The summed E-state index contributed by atoms with van der Waals surface area (Å²) in [7, 11) is 0. The van der Waals surface area contributed by atoms with E-state index in [1.165, 1.54) is 0 Å². The van der Waals surface area contributed by atoms with E-state index in [2.05, 4.69) is 9.97 Å². The van der Waals surface area contributed by atoms with Crippen LogP contribution >= 0.6 is 0 Å². The molecule has 0 bridgehead atoms. The topological polar surface area (TPSA) is 52.1 Å². The SMILES string of the molecule is CCOC(=O)c1nc(-c2cccc(C)c2)nc2c1CCC2. The second-order valence-corrected chi connectivity index (χ2v) is 5.26. The number of carbonyl (C=O) groups is 1. The van der Waals surface area contributed by atoms with Crippen molar-refractivity contribution in [1.29, 1.82) is 0 Å². The van der Waals surface area contributed by atoms with Crippen molar-refractivity contribution in [3.05, 3.63) is 46.8 Å². The third-order valence-electron chi connectivity index (χ3n) is 3.68. The fraction of sp³-hybridized carbons (Fsp3) is 0.353. The zero-order valence-corrected chi connectivity index (χ0v) is 12.3. The van der Waals surface area contributed by atoms with E-state index in [9.17, 15) is 4.79 Å². The van der Waals surface area contributed by atoms with Gasteiger partial charge in [-0.25, -0.2) is 14.8 Å². The lowest BCUT2D eigenvalue weighted by Crippen LogP contribution is -2.13. The van der Waals surface area contributed by atoms with Crippen LogP contribution in [0.1, 0.15) is 40.7 Å². The van der Waals surface area contributed by atoms with Crippen molar-refractivity contribution in [3.8, 4) is 11.4 Å². The van der Waals surface area contributed by atoms with Gasteiger partial charge in [0, 0.05) is 16.8 Å². The van der Waals surface area contributed by atoms with E-state index in [1.807, 2.05) is 31.2 Å². The van der Waals surface area contributed by atoms with Crippen LogP contribution < -0.4 is 0 Å². The first-order valence-corrected chi connectivity index (χ1v) is 7.33. The first-order valence-electron chi connectivity index (χ1n) is 7.33. The van der Waals surface area contributed by atoms with E-state index in [0.717, 1.165) is 41.6 Å². The standard InChI is InChI=1S/C17H18N2O2/c1-3-21-17(20)15-13-8-5-9-14(13)18-16(19-15)12-7-4-6-11(2)10-12/h4,6-7,10H,3,5,8-9H2,1-2H3. The molecule has 0 radical (unpaired) electrons. The zero-order chi connectivity index (χ0) is 14.8. The lowest BCUT2D eigenvalue weighted by molar-refractivity contribution is 0.0518. The van der Waals surface area contributed by atoms with Crippen molar-refractivity contribution < 1.29 is 9.53 Å². The van der Waals surface area contributed by atoms with E-state index in [0.29, 0.717) is 18.1 Å². The highest BCUT2D eigenvalue weighted by molar-refractivity contribution is 5.90. The van der Waals surface area contributed by atoms with Crippen LogP contribution in [0.15, 0.2) is 24.3 Å². The molecule has 4 heteroatoms. The van der Waals surface area contributed by atoms with Crippen LogP contribution in [0.3, 0.4) is 0 Å². The molecule has 2 aromatic rings. The highest BCUT2D eigenvalue weighted by Gasteiger charge is 2.24. The van der Waals surface area contributed by atoms with Gasteiger partial charge in [0.15, 0.2) is 11.5 Å². The summed E-state index contributed by atoms with van der Waals surface area (Å²) in [5, 5.41) is 0. The monoisotopic (exact) mass is 282 g/mol. The summed E-state index contributed by atoms with van der Waals surface area (Å²) < 4.78 is 5.14. The van der Waals surface area contributed by atoms with Crippen LogP contribution in [0.2, 0.25) is 0 Å². The van der Waals surface area contributed by atoms with Crippen LogP contribution in [-0.2, 0) is 17.6 Å². The van der Waals surface area contributed by atoms with Gasteiger partial charge < -0.3 is 4.74 Å². The van der Waals surface area contributed by atoms with E-state index < -0.39 is 0 Å². The fourth-order valence-corrected chi connectivity index (χ4v) is 2.71. The largest absolute Gasteiger partial charge is 0.461 e. The molecular weight excluding hydrogens is 264 g/mol. The van der Waals surface area contributed by atoms with Gasteiger partial charge in [0.2, 0.25) is 0 Å². The zero-order valence-electron chi connectivity index (χ0n) is 12.3. The minimum Gasteiger partial charge on any atom is -0.461 e. The lowest BCUT2D eigenvalue weighted by atomic mass is 10.1. The van der Waals surface area contributed by atoms with Crippen LogP contribution in [0.4, 0.5) is 0 Å². The van der Waals surface area contributed by atoms with Crippen molar-refractivity contribution in [2.24, 2.45) is 0 Å². The molecule has 1 heterocycles. The quantitative estimate of drug-likeness (QED) is 0.812. The number of hydrogen-bond acceptors (Lipinski definition) is 4. The van der Waals surface area contributed by atoms with Gasteiger partial charge in [0.1, 0.15) is 0 Å². The Morgan fingerprint density at radius 3 is 2.90 bits per heavy atom. The molecule has 0 aliphatic heterocycles. The van der Waals surface area contributed by atoms with E-state index >= 15 is 0 Å². The number of carbonyl (C=O) groups excluding carboxylic acids is 1. The number of hydrogen-bond donors (Lipinski definition) is 0. The van der Waals surface area contributed by atoms with Crippen LogP contribution in [-0.4, -0.2) is 22.5 Å². The Kier molecular flexibility index (Phi) is 3.69. The first kappa shape index (κ1) is 13.7. The van der Waals surface area contributed by atoms with Crippen molar-refractivity contribution in [1.82, 2.24) is 9.97 Å². The Bertz CT molecular complexity index is 695. The van der Waals surface area contributed by atoms with Crippen molar-refractivity contribution >= 4 is 5.97 Å². The summed E-state index contributed by atoms with van der Waals surface area (Å²) in [5.74, 6) is 0.273. The molecule has 0 saturated heterocycles. The maximum atomic E-state index is 12.1. The normalized spacial score (nSPS) is 13.0. The van der Waals surface area contributed by atoms with Gasteiger partial charge in [-0.05, 0) is 39.2 Å². The number of benzene rings is 1. The molecule has 0 amide bonds. The summed E-state index contributed by atoms with van der Waals surface area (Å²) in [4.78, 5) is 21.3. The Morgan fingerprint density at radius 1 is 1.29 bits per heavy atom. The summed E-state index contributed by atoms with van der Waals surface area (Å²) in [6, 6.07) is 8.01. The lowest BCUT2D eigenvalue weighted by Gasteiger charge is -2.10. The summed E-state index contributed by atoms with van der Waals surface area (Å²) in [6.07, 6.45) is 2.79. The predicted molar refractivity (Wildman–Crippen MR) is 80.2 cm³/mol. The molecule has 0 spiro atoms. The van der Waals surface area contributed by atoms with Gasteiger partial charge in [-0.2, -0.15) is 0 Å². The van der Waals surface area contributed by atoms with Gasteiger partial charge in [-0.1, -0.05) is 23.8 Å². The molecule has 21 heavy (non-hydrogen) atoms. The number of nitrogens with zero attached hydrogens (tertiary/aromatic N) is 2. The van der Waals surface area contributed by atoms with Crippen molar-refractivity contribution in [2.45, 2.75) is 33.1 Å². The Hall–Kier alpha value is -2.23. The second-order valence-electron chi connectivity index (χ2n) is 5.26. The molecular formula is C17H18N2O2. The molecule has 1 aliphatic rings. The number of rotatable bonds is 3. The molecule has 108 valence electrons. The fourth-order valence-electron chi connectivity index (χ4n) is 2.71. The number of ether oxygens (including phenoxy) is 1. The Morgan fingerprint density at radius 2 is 2.14 bits per heavy atom. The smallest absolute Gasteiger partial charge is 0.357 e. The van der Waals surface area contributed by atoms with E-state index in [-0.39, 0.29) is 5.97 Å². The predicted octanol–water partition coefficient (Wildman–Crippen LogP) is 3.12. The van der Waals surface area contributed by atoms with Gasteiger partial charge in [0.25, 0.3) is 0 Å². The maximum absolute atomic E-state index is 12.1. The number of fused-ring (bicyclic) bond motifs is 1. The number of aromatic nitrogens is 2. The van der Waals surface area contributed by atoms with Crippen LogP contribution in [0.25, 0.3) is 11.4 Å². The van der Waals surface area contributed by atoms with Gasteiger partial charge in [0.05, 0.1) is 6.61 Å². The van der Waals surface area contributed by atoms with Crippen molar-refractivity contribution in [2.75, 3.05) is 6.61 Å². The molecule has 3 rings (SSSR count). The summed E-state index contributed by atoms with van der Waals surface area (Å²) in [6.45, 7) is 4.20. The molecule has 0 saturated carbocycles. The highest BCUT2D eigenvalue weighted by atomic mass is 16.5. The third-order valence-corrected chi connectivity index (χ3v) is 3.68. The summed E-state index contributed by atoms with van der Waals surface area (Å²) in [5.41, 5.74) is 4.48. The minimum absolute atomic E-state index is 0.341. The first-order chi connectivity index (χ1) is 10.2. The van der Waals surface area contributed by atoms with Gasteiger partial charge in [-0.15, -0.1) is 0 Å². The van der Waals surface area contributed by atoms with Gasteiger partial charge in [-0.3, -0.25) is 0 Å². The molecule has 1 aromatic carbocycles.